The summed E-state index contributed by atoms with van der Waals surface area (Å²) in [5.74, 6) is 0. The van der Waals surface area contributed by atoms with E-state index in [0.717, 1.165) is 16.3 Å². The van der Waals surface area contributed by atoms with Crippen LogP contribution >= 0.6 is 11.8 Å². The van der Waals surface area contributed by atoms with Gasteiger partial charge in [0.1, 0.15) is 0 Å². The van der Waals surface area contributed by atoms with Crippen molar-refractivity contribution >= 4 is 11.8 Å². The molecule has 2 nitrogen and oxygen atoms in total. The van der Waals surface area contributed by atoms with Crippen molar-refractivity contribution in [2.24, 2.45) is 5.41 Å². The number of nitrogens with one attached hydrogen (secondary N) is 1. The van der Waals surface area contributed by atoms with Gasteiger partial charge in [0.05, 0.1) is 27.7 Å². The van der Waals surface area contributed by atoms with Crippen LogP contribution in [0.15, 0.2) is 0 Å². The van der Waals surface area contributed by atoms with E-state index in [-0.39, 0.29) is 0 Å². The van der Waals surface area contributed by atoms with E-state index >= 15 is 0 Å². The highest BCUT2D eigenvalue weighted by molar-refractivity contribution is 7.99. The standard InChI is InChI=1S/C17H39N2S.2C2H6/c1-17(2,3)14-16(20-7)15-18-12-10-8-9-11-13-19(4,5)6;2*1-2/h16,18H,8-15H2,1-7H3;2*1-2H3/q+1;;. The van der Waals surface area contributed by atoms with E-state index < -0.39 is 0 Å². The van der Waals surface area contributed by atoms with Crippen LogP contribution in [0.4, 0.5) is 0 Å². The molecule has 0 radical (unpaired) electrons. The first kappa shape index (κ1) is 29.0. The van der Waals surface area contributed by atoms with Crippen LogP contribution in [0, 0.1) is 5.41 Å². The van der Waals surface area contributed by atoms with Crippen LogP contribution in [0.5, 0.6) is 0 Å². The first-order chi connectivity index (χ1) is 11.1. The lowest BCUT2D eigenvalue weighted by Gasteiger charge is -2.25. The fourth-order valence-electron chi connectivity index (χ4n) is 2.37. The Kier molecular flexibility index (Phi) is 21.9. The zero-order valence-electron chi connectivity index (χ0n) is 19.1. The number of thioether (sulfide) groups is 1. The maximum Gasteiger partial charge on any atom is 0.0780 e. The minimum Gasteiger partial charge on any atom is -0.331 e. The molecule has 0 saturated carbocycles. The van der Waals surface area contributed by atoms with E-state index in [1.807, 2.05) is 39.5 Å². The van der Waals surface area contributed by atoms with Gasteiger partial charge in [-0.1, -0.05) is 54.9 Å². The van der Waals surface area contributed by atoms with Gasteiger partial charge in [-0.2, -0.15) is 11.8 Å². The minimum atomic E-state index is 0.445. The Bertz CT molecular complexity index is 229. The first-order valence-corrected chi connectivity index (χ1v) is 11.5. The molecule has 1 unspecified atom stereocenters. The summed E-state index contributed by atoms with van der Waals surface area (Å²) in [6.07, 6.45) is 8.98. The topological polar surface area (TPSA) is 12.0 Å². The summed E-state index contributed by atoms with van der Waals surface area (Å²) in [5.41, 5.74) is 0.445. The number of hydrogen-bond donors (Lipinski definition) is 1. The molecule has 0 aromatic rings. The summed E-state index contributed by atoms with van der Waals surface area (Å²) < 4.78 is 1.10. The molecule has 0 spiro atoms. The van der Waals surface area contributed by atoms with Gasteiger partial charge in [-0.05, 0) is 43.9 Å². The molecule has 0 rings (SSSR count). The van der Waals surface area contributed by atoms with Crippen LogP contribution in [0.1, 0.15) is 80.6 Å². The SMILES string of the molecule is CC.CC.CSC(CNCCCCCC[N+](C)(C)C)CC(C)(C)C. The number of nitrogens with zero attached hydrogens (tertiary/aromatic N) is 1. The van der Waals surface area contributed by atoms with E-state index in [1.54, 1.807) is 0 Å². The van der Waals surface area contributed by atoms with Gasteiger partial charge in [-0.3, -0.25) is 0 Å². The van der Waals surface area contributed by atoms with Crippen molar-refractivity contribution in [3.05, 3.63) is 0 Å². The van der Waals surface area contributed by atoms with E-state index in [9.17, 15) is 0 Å². The van der Waals surface area contributed by atoms with E-state index in [2.05, 4.69) is 53.5 Å². The second-order valence-corrected chi connectivity index (χ2v) is 9.39. The molecule has 0 bridgehead atoms. The Labute approximate surface area is 160 Å². The molecule has 0 saturated heterocycles. The van der Waals surface area contributed by atoms with Crippen LogP contribution in [-0.4, -0.2) is 56.8 Å². The third kappa shape index (κ3) is 27.1. The maximum absolute atomic E-state index is 3.64. The van der Waals surface area contributed by atoms with Crippen molar-refractivity contribution < 1.29 is 4.48 Å². The number of quaternary nitrogens is 1. The second-order valence-electron chi connectivity index (χ2n) is 8.25. The Morgan fingerprint density at radius 1 is 0.875 bits per heavy atom. The van der Waals surface area contributed by atoms with Gasteiger partial charge >= 0.3 is 0 Å². The van der Waals surface area contributed by atoms with Crippen LogP contribution in [0.25, 0.3) is 0 Å². The average molecular weight is 364 g/mol. The molecule has 0 fully saturated rings. The van der Waals surface area contributed by atoms with Crippen LogP contribution in [0.3, 0.4) is 0 Å². The number of hydrogen-bond acceptors (Lipinski definition) is 2. The molecule has 1 atom stereocenters. The summed E-state index contributed by atoms with van der Waals surface area (Å²) >= 11 is 2.01. The van der Waals surface area contributed by atoms with Crippen LogP contribution in [0.2, 0.25) is 0 Å². The Morgan fingerprint density at radius 3 is 1.79 bits per heavy atom. The highest BCUT2D eigenvalue weighted by atomic mass is 32.2. The van der Waals surface area contributed by atoms with Crippen molar-refractivity contribution in [1.29, 1.82) is 0 Å². The summed E-state index contributed by atoms with van der Waals surface area (Å²) in [6.45, 7) is 18.7. The molecular formula is C21H51N2S+. The molecule has 0 aromatic carbocycles. The highest BCUT2D eigenvalue weighted by Crippen LogP contribution is 2.26. The van der Waals surface area contributed by atoms with Gasteiger partial charge in [0.15, 0.2) is 0 Å². The molecule has 3 heteroatoms. The molecule has 1 N–H and O–H groups in total. The molecule has 24 heavy (non-hydrogen) atoms. The molecule has 0 aliphatic carbocycles. The molecule has 0 aliphatic heterocycles. The average Bonchev–Trinajstić information content (AvgIpc) is 2.50. The lowest BCUT2D eigenvalue weighted by atomic mass is 9.90. The number of unbranched alkanes of at least 4 members (excludes halogenated alkanes) is 3. The highest BCUT2D eigenvalue weighted by Gasteiger charge is 2.17. The van der Waals surface area contributed by atoms with E-state index in [4.69, 9.17) is 0 Å². The fraction of sp³-hybridized carbons (Fsp3) is 1.00. The molecule has 0 heterocycles. The fourth-order valence-corrected chi connectivity index (χ4v) is 3.33. The summed E-state index contributed by atoms with van der Waals surface area (Å²) in [4.78, 5) is 0. The molecule has 150 valence electrons. The van der Waals surface area contributed by atoms with Crippen molar-refractivity contribution in [3.63, 3.8) is 0 Å². The lowest BCUT2D eigenvalue weighted by Crippen LogP contribution is -2.35. The normalized spacial score (nSPS) is 12.6. The van der Waals surface area contributed by atoms with Gasteiger partial charge in [0, 0.05) is 11.8 Å². The third-order valence-electron chi connectivity index (χ3n) is 3.48. The first-order valence-electron chi connectivity index (χ1n) is 10.2. The summed E-state index contributed by atoms with van der Waals surface area (Å²) in [5, 5.41) is 4.40. The molecule has 0 amide bonds. The largest absolute Gasteiger partial charge is 0.331 e. The minimum absolute atomic E-state index is 0.445. The Balaban J connectivity index is -0.00000102. The molecule has 0 aromatic heterocycles. The predicted molar refractivity (Wildman–Crippen MR) is 118 cm³/mol. The smallest absolute Gasteiger partial charge is 0.0780 e. The van der Waals surface area contributed by atoms with Crippen molar-refractivity contribution in [2.45, 2.75) is 85.8 Å². The second kappa shape index (κ2) is 18.1. The van der Waals surface area contributed by atoms with Crippen LogP contribution < -0.4 is 5.32 Å². The Hall–Kier alpha value is 0.270. The summed E-state index contributed by atoms with van der Waals surface area (Å²) in [6, 6.07) is 0. The third-order valence-corrected chi connectivity index (χ3v) is 4.48. The molecular weight excluding hydrogens is 312 g/mol. The molecule has 0 aliphatic rings. The quantitative estimate of drug-likeness (QED) is 0.353. The zero-order chi connectivity index (χ0) is 19.6. The van der Waals surface area contributed by atoms with Crippen molar-refractivity contribution in [1.82, 2.24) is 5.32 Å². The van der Waals surface area contributed by atoms with Gasteiger partial charge in [-0.25, -0.2) is 0 Å². The van der Waals surface area contributed by atoms with Crippen LogP contribution in [-0.2, 0) is 0 Å². The van der Waals surface area contributed by atoms with Gasteiger partial charge in [0.25, 0.3) is 0 Å². The Morgan fingerprint density at radius 2 is 1.38 bits per heavy atom. The monoisotopic (exact) mass is 363 g/mol. The van der Waals surface area contributed by atoms with E-state index in [1.165, 1.54) is 45.2 Å². The maximum atomic E-state index is 3.64. The number of rotatable bonds is 11. The van der Waals surface area contributed by atoms with Gasteiger partial charge < -0.3 is 9.80 Å². The van der Waals surface area contributed by atoms with E-state index in [0.29, 0.717) is 5.41 Å². The predicted octanol–water partition coefficient (Wildman–Crippen LogP) is 6.06. The zero-order valence-corrected chi connectivity index (χ0v) is 19.9. The van der Waals surface area contributed by atoms with Gasteiger partial charge in [-0.15, -0.1) is 0 Å². The summed E-state index contributed by atoms with van der Waals surface area (Å²) in [7, 11) is 6.83. The van der Waals surface area contributed by atoms with Crippen molar-refractivity contribution in [3.8, 4) is 0 Å². The lowest BCUT2D eigenvalue weighted by molar-refractivity contribution is -0.870. The van der Waals surface area contributed by atoms with Crippen molar-refractivity contribution in [2.75, 3.05) is 47.0 Å². The van der Waals surface area contributed by atoms with Gasteiger partial charge in [0.2, 0.25) is 0 Å².